The van der Waals surface area contributed by atoms with Crippen molar-refractivity contribution in [3.05, 3.63) is 36.2 Å². The minimum absolute atomic E-state index is 0.472. The van der Waals surface area contributed by atoms with Gasteiger partial charge in [-0.25, -0.2) is 9.97 Å². The maximum absolute atomic E-state index is 5.63. The lowest BCUT2D eigenvalue weighted by Gasteiger charge is -2.07. The second-order valence-electron chi connectivity index (χ2n) is 3.51. The Hall–Kier alpha value is -2.10. The van der Waals surface area contributed by atoms with Crippen molar-refractivity contribution in [3.63, 3.8) is 0 Å². The highest BCUT2D eigenvalue weighted by molar-refractivity contribution is 5.66. The van der Waals surface area contributed by atoms with Crippen molar-refractivity contribution in [1.29, 1.82) is 0 Å². The van der Waals surface area contributed by atoms with Crippen LogP contribution >= 0.6 is 0 Å². The van der Waals surface area contributed by atoms with Crippen LogP contribution in [0.5, 0.6) is 5.75 Å². The van der Waals surface area contributed by atoms with E-state index in [0.717, 1.165) is 22.6 Å². The molecule has 4 heteroatoms. The zero-order chi connectivity index (χ0) is 11.5. The molecule has 0 aliphatic rings. The molecule has 2 aromatic rings. The highest BCUT2D eigenvalue weighted by Crippen LogP contribution is 2.25. The lowest BCUT2D eigenvalue weighted by molar-refractivity contribution is 0.414. The molecule has 82 valence electrons. The van der Waals surface area contributed by atoms with Crippen LogP contribution in [0.4, 0.5) is 5.82 Å². The molecule has 16 heavy (non-hydrogen) atoms. The molecule has 0 fully saturated rings. The highest BCUT2D eigenvalue weighted by Gasteiger charge is 2.05. The first-order valence-corrected chi connectivity index (χ1v) is 4.93. The first-order chi connectivity index (χ1) is 7.70. The summed E-state index contributed by atoms with van der Waals surface area (Å²) in [6.45, 7) is 2.01. The highest BCUT2D eigenvalue weighted by atomic mass is 16.5. The lowest BCUT2D eigenvalue weighted by Crippen LogP contribution is -1.94. The molecule has 0 saturated heterocycles. The molecule has 2 N–H and O–H groups in total. The monoisotopic (exact) mass is 215 g/mol. The minimum Gasteiger partial charge on any atom is -0.497 e. The van der Waals surface area contributed by atoms with E-state index >= 15 is 0 Å². The number of aryl methyl sites for hydroxylation is 1. The molecule has 2 rings (SSSR count). The summed E-state index contributed by atoms with van der Waals surface area (Å²) in [5.74, 6) is 1.31. The van der Waals surface area contributed by atoms with Gasteiger partial charge >= 0.3 is 0 Å². The zero-order valence-electron chi connectivity index (χ0n) is 9.27. The molecule has 0 saturated carbocycles. The van der Waals surface area contributed by atoms with Gasteiger partial charge < -0.3 is 10.5 Å². The van der Waals surface area contributed by atoms with Crippen LogP contribution in [0.25, 0.3) is 11.3 Å². The van der Waals surface area contributed by atoms with E-state index in [9.17, 15) is 0 Å². The summed E-state index contributed by atoms with van der Waals surface area (Å²) in [5, 5.41) is 0. The van der Waals surface area contributed by atoms with Gasteiger partial charge in [-0.1, -0.05) is 0 Å². The molecule has 1 aromatic carbocycles. The third-order valence-corrected chi connectivity index (χ3v) is 2.40. The summed E-state index contributed by atoms with van der Waals surface area (Å²) in [6.07, 6.45) is 1.47. The number of hydrogen-bond donors (Lipinski definition) is 1. The summed E-state index contributed by atoms with van der Waals surface area (Å²) < 4.78 is 5.15. The predicted octanol–water partition coefficient (Wildman–Crippen LogP) is 2.04. The van der Waals surface area contributed by atoms with Crippen molar-refractivity contribution in [2.75, 3.05) is 12.8 Å². The standard InChI is InChI=1S/C12H13N3O/c1-8-5-9(16-2)3-4-10(8)11-6-12(13)15-7-14-11/h3-7H,1-2H3,(H2,13,14,15). The van der Waals surface area contributed by atoms with Crippen molar-refractivity contribution < 1.29 is 4.74 Å². The molecule has 1 aromatic heterocycles. The Morgan fingerprint density at radius 3 is 2.62 bits per heavy atom. The van der Waals surface area contributed by atoms with E-state index in [1.807, 2.05) is 25.1 Å². The van der Waals surface area contributed by atoms with Gasteiger partial charge in [0, 0.05) is 11.6 Å². The number of methoxy groups -OCH3 is 1. The van der Waals surface area contributed by atoms with Crippen LogP contribution in [-0.4, -0.2) is 17.1 Å². The zero-order valence-corrected chi connectivity index (χ0v) is 9.27. The summed E-state index contributed by atoms with van der Waals surface area (Å²) in [7, 11) is 1.65. The third kappa shape index (κ3) is 1.95. The molecule has 0 bridgehead atoms. The van der Waals surface area contributed by atoms with E-state index in [4.69, 9.17) is 10.5 Å². The first kappa shape index (κ1) is 10.4. The molecule has 0 aliphatic carbocycles. The topological polar surface area (TPSA) is 61.0 Å². The fourth-order valence-electron chi connectivity index (χ4n) is 1.57. The minimum atomic E-state index is 0.472. The molecule has 0 atom stereocenters. The Kier molecular flexibility index (Phi) is 2.72. The molecule has 0 spiro atoms. The second-order valence-corrected chi connectivity index (χ2v) is 3.51. The fraction of sp³-hybridized carbons (Fsp3) is 0.167. The summed E-state index contributed by atoms with van der Waals surface area (Å²) >= 11 is 0. The number of rotatable bonds is 2. The van der Waals surface area contributed by atoms with E-state index in [1.54, 1.807) is 13.2 Å². The number of nitrogens with zero attached hydrogens (tertiary/aromatic N) is 2. The number of hydrogen-bond acceptors (Lipinski definition) is 4. The Balaban J connectivity index is 2.48. The number of nitrogen functional groups attached to an aromatic ring is 1. The van der Waals surface area contributed by atoms with E-state index in [1.165, 1.54) is 6.33 Å². The second kappa shape index (κ2) is 4.18. The molecule has 4 nitrogen and oxygen atoms in total. The Morgan fingerprint density at radius 1 is 1.19 bits per heavy atom. The molecule has 0 unspecified atom stereocenters. The van der Waals surface area contributed by atoms with Gasteiger partial charge in [0.1, 0.15) is 17.9 Å². The van der Waals surface area contributed by atoms with Gasteiger partial charge in [-0.2, -0.15) is 0 Å². The molecular formula is C12H13N3O. The first-order valence-electron chi connectivity index (χ1n) is 4.93. The van der Waals surface area contributed by atoms with Crippen LogP contribution in [0, 0.1) is 6.92 Å². The summed E-state index contributed by atoms with van der Waals surface area (Å²) in [6, 6.07) is 7.60. The van der Waals surface area contributed by atoms with Crippen molar-refractivity contribution in [2.24, 2.45) is 0 Å². The predicted molar refractivity (Wildman–Crippen MR) is 63.2 cm³/mol. The third-order valence-electron chi connectivity index (χ3n) is 2.40. The van der Waals surface area contributed by atoms with Crippen molar-refractivity contribution in [1.82, 2.24) is 9.97 Å². The van der Waals surface area contributed by atoms with E-state index < -0.39 is 0 Å². The smallest absolute Gasteiger partial charge is 0.127 e. The largest absolute Gasteiger partial charge is 0.497 e. The van der Waals surface area contributed by atoms with E-state index in [0.29, 0.717) is 5.82 Å². The van der Waals surface area contributed by atoms with Gasteiger partial charge in [-0.15, -0.1) is 0 Å². The fourth-order valence-corrected chi connectivity index (χ4v) is 1.57. The number of aromatic nitrogens is 2. The Morgan fingerprint density at radius 2 is 2.00 bits per heavy atom. The van der Waals surface area contributed by atoms with Crippen LogP contribution < -0.4 is 10.5 Å². The maximum atomic E-state index is 5.63. The van der Waals surface area contributed by atoms with Crippen molar-refractivity contribution in [3.8, 4) is 17.0 Å². The number of anilines is 1. The molecule has 0 amide bonds. The van der Waals surface area contributed by atoms with Crippen LogP contribution in [0.2, 0.25) is 0 Å². The van der Waals surface area contributed by atoms with Crippen LogP contribution in [0.15, 0.2) is 30.6 Å². The average Bonchev–Trinajstić information content (AvgIpc) is 2.28. The van der Waals surface area contributed by atoms with E-state index in [-0.39, 0.29) is 0 Å². The lowest BCUT2D eigenvalue weighted by atomic mass is 10.1. The Labute approximate surface area is 94.1 Å². The number of benzene rings is 1. The van der Waals surface area contributed by atoms with Gasteiger partial charge in [0.05, 0.1) is 12.8 Å². The molecule has 0 radical (unpaired) electrons. The number of nitrogens with two attached hydrogens (primary N) is 1. The molecule has 1 heterocycles. The van der Waals surface area contributed by atoms with Gasteiger partial charge in [0.15, 0.2) is 0 Å². The van der Waals surface area contributed by atoms with Gasteiger partial charge in [-0.05, 0) is 30.7 Å². The normalized spacial score (nSPS) is 10.1. The Bertz CT molecular complexity index is 511. The van der Waals surface area contributed by atoms with Crippen LogP contribution in [-0.2, 0) is 0 Å². The van der Waals surface area contributed by atoms with Gasteiger partial charge in [0.2, 0.25) is 0 Å². The van der Waals surface area contributed by atoms with Crippen molar-refractivity contribution in [2.45, 2.75) is 6.92 Å². The molecular weight excluding hydrogens is 202 g/mol. The quantitative estimate of drug-likeness (QED) is 0.832. The maximum Gasteiger partial charge on any atom is 0.127 e. The van der Waals surface area contributed by atoms with Crippen molar-refractivity contribution >= 4 is 5.82 Å². The van der Waals surface area contributed by atoms with Gasteiger partial charge in [-0.3, -0.25) is 0 Å². The molecule has 0 aliphatic heterocycles. The van der Waals surface area contributed by atoms with E-state index in [2.05, 4.69) is 9.97 Å². The van der Waals surface area contributed by atoms with Gasteiger partial charge in [0.25, 0.3) is 0 Å². The summed E-state index contributed by atoms with van der Waals surface area (Å²) in [5.41, 5.74) is 8.58. The summed E-state index contributed by atoms with van der Waals surface area (Å²) in [4.78, 5) is 8.06. The van der Waals surface area contributed by atoms with Crippen LogP contribution in [0.3, 0.4) is 0 Å². The number of ether oxygens (including phenoxy) is 1. The van der Waals surface area contributed by atoms with Crippen LogP contribution in [0.1, 0.15) is 5.56 Å². The average molecular weight is 215 g/mol. The SMILES string of the molecule is COc1ccc(-c2cc(N)ncn2)c(C)c1.